The lowest BCUT2D eigenvalue weighted by Gasteiger charge is -2.16. The van der Waals surface area contributed by atoms with Crippen molar-refractivity contribution in [2.24, 2.45) is 5.92 Å². The van der Waals surface area contributed by atoms with Gasteiger partial charge in [0, 0.05) is 5.92 Å². The number of carbonyl (C=O) groups is 1. The van der Waals surface area contributed by atoms with Gasteiger partial charge in [-0.15, -0.1) is 0 Å². The molecule has 9 heavy (non-hydrogen) atoms. The van der Waals surface area contributed by atoms with Crippen molar-refractivity contribution in [2.75, 3.05) is 0 Å². The summed E-state index contributed by atoms with van der Waals surface area (Å²) in [4.78, 5) is 11.2. The minimum atomic E-state index is -1.46. The third-order valence-corrected chi connectivity index (χ3v) is 3.32. The van der Waals surface area contributed by atoms with Gasteiger partial charge in [0.15, 0.2) is 0 Å². The van der Waals surface area contributed by atoms with Gasteiger partial charge in [0.1, 0.15) is 13.5 Å². The van der Waals surface area contributed by atoms with E-state index in [0.717, 1.165) is 0 Å². The summed E-state index contributed by atoms with van der Waals surface area (Å²) in [5.41, 5.74) is 0. The standard InChI is InChI=1S/C7H16OSi/c1-6(2)7(8)9(3,4)5/h6H,1-5H3. The van der Waals surface area contributed by atoms with Crippen molar-refractivity contribution in [3.63, 3.8) is 0 Å². The molecule has 0 aromatic carbocycles. The minimum absolute atomic E-state index is 0.233. The van der Waals surface area contributed by atoms with Crippen molar-refractivity contribution in [1.82, 2.24) is 0 Å². The van der Waals surface area contributed by atoms with Crippen LogP contribution in [0.25, 0.3) is 0 Å². The molecule has 0 fully saturated rings. The summed E-state index contributed by atoms with van der Waals surface area (Å²) >= 11 is 0. The molecular formula is C7H16OSi. The van der Waals surface area contributed by atoms with Crippen molar-refractivity contribution >= 4 is 13.5 Å². The van der Waals surface area contributed by atoms with Gasteiger partial charge in [-0.2, -0.15) is 0 Å². The minimum Gasteiger partial charge on any atom is -0.305 e. The maximum atomic E-state index is 11.2. The van der Waals surface area contributed by atoms with Crippen molar-refractivity contribution in [3.8, 4) is 0 Å². The van der Waals surface area contributed by atoms with Gasteiger partial charge in [0.2, 0.25) is 0 Å². The van der Waals surface area contributed by atoms with Gasteiger partial charge >= 0.3 is 0 Å². The molecule has 0 aromatic heterocycles. The summed E-state index contributed by atoms with van der Waals surface area (Å²) in [5.74, 6) is 0.233. The predicted molar refractivity (Wildman–Crippen MR) is 43.2 cm³/mol. The molecular weight excluding hydrogens is 128 g/mol. The van der Waals surface area contributed by atoms with E-state index in [1.807, 2.05) is 13.8 Å². The normalized spacial score (nSPS) is 12.2. The van der Waals surface area contributed by atoms with E-state index in [1.165, 1.54) is 0 Å². The van der Waals surface area contributed by atoms with E-state index in [9.17, 15) is 4.79 Å². The Kier molecular flexibility index (Phi) is 2.61. The molecule has 0 radical (unpaired) electrons. The van der Waals surface area contributed by atoms with Gasteiger partial charge in [0.05, 0.1) is 0 Å². The molecule has 0 heterocycles. The maximum absolute atomic E-state index is 11.2. The first-order valence-electron chi connectivity index (χ1n) is 3.40. The fourth-order valence-electron chi connectivity index (χ4n) is 0.866. The number of hydrogen-bond donors (Lipinski definition) is 0. The van der Waals surface area contributed by atoms with E-state index in [1.54, 1.807) is 0 Å². The van der Waals surface area contributed by atoms with Crippen LogP contribution in [0.5, 0.6) is 0 Å². The molecule has 0 saturated carbocycles. The molecule has 0 bridgehead atoms. The summed E-state index contributed by atoms with van der Waals surface area (Å²) in [6.07, 6.45) is 0. The van der Waals surface area contributed by atoms with Crippen molar-refractivity contribution < 1.29 is 4.79 Å². The molecule has 2 heteroatoms. The zero-order valence-corrected chi connectivity index (χ0v) is 7.99. The molecule has 0 N–H and O–H groups in total. The second kappa shape index (κ2) is 2.65. The van der Waals surface area contributed by atoms with E-state index >= 15 is 0 Å². The molecule has 0 aliphatic heterocycles. The van der Waals surface area contributed by atoms with Crippen LogP contribution in [-0.2, 0) is 4.79 Å². The summed E-state index contributed by atoms with van der Waals surface area (Å²) in [5, 5.41) is 0.475. The van der Waals surface area contributed by atoms with E-state index in [0.29, 0.717) is 5.41 Å². The Morgan fingerprint density at radius 3 is 1.56 bits per heavy atom. The Labute approximate surface area is 58.5 Å². The van der Waals surface area contributed by atoms with Crippen molar-refractivity contribution in [2.45, 2.75) is 33.5 Å². The highest BCUT2D eigenvalue weighted by Gasteiger charge is 2.25. The second-order valence-corrected chi connectivity index (χ2v) is 8.76. The highest BCUT2D eigenvalue weighted by molar-refractivity contribution is 7.03. The van der Waals surface area contributed by atoms with Crippen LogP contribution in [0.1, 0.15) is 13.8 Å². The first kappa shape index (κ1) is 8.89. The summed E-state index contributed by atoms with van der Waals surface area (Å²) < 4.78 is 0. The van der Waals surface area contributed by atoms with Crippen LogP contribution in [-0.4, -0.2) is 13.5 Å². The van der Waals surface area contributed by atoms with Crippen LogP contribution < -0.4 is 0 Å². The van der Waals surface area contributed by atoms with Crippen LogP contribution in [0.3, 0.4) is 0 Å². The number of rotatable bonds is 2. The second-order valence-electron chi connectivity index (χ2n) is 3.77. The van der Waals surface area contributed by atoms with Gasteiger partial charge in [-0.1, -0.05) is 33.5 Å². The average Bonchev–Trinajstić information content (AvgIpc) is 1.62. The van der Waals surface area contributed by atoms with E-state index in [4.69, 9.17) is 0 Å². The van der Waals surface area contributed by atoms with Gasteiger partial charge in [-0.3, -0.25) is 0 Å². The van der Waals surface area contributed by atoms with Crippen LogP contribution >= 0.6 is 0 Å². The predicted octanol–water partition coefficient (Wildman–Crippen LogP) is 2.09. The van der Waals surface area contributed by atoms with Crippen LogP contribution in [0, 0.1) is 5.92 Å². The Bertz CT molecular complexity index is 111. The fraction of sp³-hybridized carbons (Fsp3) is 0.857. The molecule has 0 aliphatic rings. The third kappa shape index (κ3) is 2.80. The molecule has 1 nitrogen and oxygen atoms in total. The van der Waals surface area contributed by atoms with Crippen LogP contribution in [0.4, 0.5) is 0 Å². The third-order valence-electron chi connectivity index (χ3n) is 1.26. The summed E-state index contributed by atoms with van der Waals surface area (Å²) in [7, 11) is -1.46. The van der Waals surface area contributed by atoms with Crippen LogP contribution in [0.2, 0.25) is 19.6 Å². The van der Waals surface area contributed by atoms with Crippen molar-refractivity contribution in [1.29, 1.82) is 0 Å². The quantitative estimate of drug-likeness (QED) is 0.542. The van der Waals surface area contributed by atoms with E-state index < -0.39 is 8.07 Å². The molecule has 0 aliphatic carbocycles. The molecule has 0 amide bonds. The first-order valence-corrected chi connectivity index (χ1v) is 6.90. The van der Waals surface area contributed by atoms with Gasteiger partial charge in [-0.05, 0) is 0 Å². The fourth-order valence-corrected chi connectivity index (χ4v) is 2.60. The molecule has 0 atom stereocenters. The monoisotopic (exact) mass is 144 g/mol. The lowest BCUT2D eigenvalue weighted by Crippen LogP contribution is -2.36. The Hall–Kier alpha value is -0.113. The van der Waals surface area contributed by atoms with E-state index in [2.05, 4.69) is 19.6 Å². The SMILES string of the molecule is CC(C)C(=O)[Si](C)(C)C. The first-order chi connectivity index (χ1) is 3.85. The molecule has 0 unspecified atom stereocenters. The summed E-state index contributed by atoms with van der Waals surface area (Å²) in [6, 6.07) is 0. The highest BCUT2D eigenvalue weighted by Crippen LogP contribution is 2.08. The lowest BCUT2D eigenvalue weighted by atomic mass is 10.3. The molecule has 0 rings (SSSR count). The molecule has 0 aromatic rings. The highest BCUT2D eigenvalue weighted by atomic mass is 28.3. The number of hydrogen-bond acceptors (Lipinski definition) is 1. The molecule has 0 spiro atoms. The van der Waals surface area contributed by atoms with Gasteiger partial charge in [0.25, 0.3) is 0 Å². The molecule has 54 valence electrons. The zero-order chi connectivity index (χ0) is 7.65. The van der Waals surface area contributed by atoms with Gasteiger partial charge < -0.3 is 4.79 Å². The lowest BCUT2D eigenvalue weighted by molar-refractivity contribution is -0.115. The zero-order valence-electron chi connectivity index (χ0n) is 6.99. The Morgan fingerprint density at radius 2 is 1.56 bits per heavy atom. The number of carbonyl (C=O) groups excluding carboxylic acids is 1. The maximum Gasteiger partial charge on any atom is 0.124 e. The smallest absolute Gasteiger partial charge is 0.124 e. The Balaban J connectivity index is 4.06. The average molecular weight is 144 g/mol. The topological polar surface area (TPSA) is 17.1 Å². The van der Waals surface area contributed by atoms with Gasteiger partial charge in [-0.25, -0.2) is 0 Å². The largest absolute Gasteiger partial charge is 0.305 e. The Morgan fingerprint density at radius 1 is 1.22 bits per heavy atom. The van der Waals surface area contributed by atoms with Crippen LogP contribution in [0.15, 0.2) is 0 Å². The van der Waals surface area contributed by atoms with Crippen molar-refractivity contribution in [3.05, 3.63) is 0 Å². The van der Waals surface area contributed by atoms with E-state index in [-0.39, 0.29) is 5.92 Å². The summed E-state index contributed by atoms with van der Waals surface area (Å²) in [6.45, 7) is 10.2. The molecule has 0 saturated heterocycles.